The summed E-state index contributed by atoms with van der Waals surface area (Å²) in [5.41, 5.74) is 6.46. The van der Waals surface area contributed by atoms with Crippen molar-refractivity contribution < 1.29 is 14.3 Å². The van der Waals surface area contributed by atoms with Crippen LogP contribution in [0.3, 0.4) is 0 Å². The van der Waals surface area contributed by atoms with E-state index in [1.54, 1.807) is 0 Å². The molecule has 0 saturated heterocycles. The second-order valence-electron chi connectivity index (χ2n) is 6.78. The van der Waals surface area contributed by atoms with Crippen LogP contribution in [0.4, 0.5) is 0 Å². The molecule has 0 radical (unpaired) electrons. The van der Waals surface area contributed by atoms with Crippen LogP contribution in [0.1, 0.15) is 33.5 Å². The lowest BCUT2D eigenvalue weighted by atomic mass is 10.0. The smallest absolute Gasteiger partial charge is 0.306 e. The predicted octanol–water partition coefficient (Wildman–Crippen LogP) is 4.62. The minimum atomic E-state index is -0.348. The molecule has 3 aromatic rings. The quantitative estimate of drug-likeness (QED) is 0.374. The van der Waals surface area contributed by atoms with Gasteiger partial charge in [0.2, 0.25) is 0 Å². The van der Waals surface area contributed by atoms with E-state index in [9.17, 15) is 9.59 Å². The van der Waals surface area contributed by atoms with E-state index >= 15 is 0 Å². The number of ketones is 1. The maximum atomic E-state index is 12.5. The summed E-state index contributed by atoms with van der Waals surface area (Å²) in [5, 5.41) is 0. The zero-order valence-corrected chi connectivity index (χ0v) is 15.0. The van der Waals surface area contributed by atoms with Crippen LogP contribution in [0.15, 0.2) is 72.8 Å². The van der Waals surface area contributed by atoms with Crippen LogP contribution < -0.4 is 0 Å². The average molecular weight is 356 g/mol. The predicted molar refractivity (Wildman–Crippen MR) is 105 cm³/mol. The monoisotopic (exact) mass is 356 g/mol. The molecule has 0 unspecified atom stereocenters. The lowest BCUT2D eigenvalue weighted by Crippen LogP contribution is -2.14. The number of ether oxygens (including phenoxy) is 1. The van der Waals surface area contributed by atoms with E-state index in [0.717, 1.165) is 17.5 Å². The van der Waals surface area contributed by atoms with Crippen LogP contribution in [0.2, 0.25) is 0 Å². The summed E-state index contributed by atoms with van der Waals surface area (Å²) in [5.74, 6) is -0.519. The second kappa shape index (κ2) is 7.58. The number of benzene rings is 3. The third-order valence-electron chi connectivity index (χ3n) is 4.95. The molecule has 1 aliphatic rings. The Labute approximate surface area is 158 Å². The first-order valence-electron chi connectivity index (χ1n) is 9.14. The number of fused-ring (bicyclic) bond motifs is 3. The molecular weight excluding hydrogens is 336 g/mol. The zero-order valence-electron chi connectivity index (χ0n) is 15.0. The lowest BCUT2D eigenvalue weighted by molar-refractivity contribution is -0.142. The van der Waals surface area contributed by atoms with Crippen molar-refractivity contribution in [2.45, 2.75) is 19.3 Å². The Hall–Kier alpha value is -3.20. The van der Waals surface area contributed by atoms with Crippen LogP contribution in [0, 0.1) is 0 Å². The minimum Gasteiger partial charge on any atom is -0.457 e. The van der Waals surface area contributed by atoms with E-state index < -0.39 is 0 Å². The van der Waals surface area contributed by atoms with Crippen molar-refractivity contribution >= 4 is 11.8 Å². The van der Waals surface area contributed by atoms with Crippen molar-refractivity contribution in [1.82, 2.24) is 0 Å². The Morgan fingerprint density at radius 3 is 2.41 bits per heavy atom. The van der Waals surface area contributed by atoms with Gasteiger partial charge < -0.3 is 4.74 Å². The van der Waals surface area contributed by atoms with Crippen LogP contribution in [0.5, 0.6) is 0 Å². The Kier molecular flexibility index (Phi) is 4.84. The third-order valence-corrected chi connectivity index (χ3v) is 4.95. The van der Waals surface area contributed by atoms with Crippen LogP contribution in [-0.4, -0.2) is 18.4 Å². The van der Waals surface area contributed by atoms with Crippen LogP contribution in [0.25, 0.3) is 11.1 Å². The molecule has 0 spiro atoms. The molecule has 134 valence electrons. The molecule has 4 rings (SSSR count). The van der Waals surface area contributed by atoms with Crippen molar-refractivity contribution in [2.24, 2.45) is 0 Å². The molecule has 3 nitrogen and oxygen atoms in total. The van der Waals surface area contributed by atoms with E-state index in [4.69, 9.17) is 4.74 Å². The maximum absolute atomic E-state index is 12.5. The molecule has 3 heteroatoms. The second-order valence-corrected chi connectivity index (χ2v) is 6.78. The van der Waals surface area contributed by atoms with E-state index in [2.05, 4.69) is 12.1 Å². The molecule has 0 N–H and O–H groups in total. The molecule has 0 heterocycles. The Balaban J connectivity index is 1.36. The van der Waals surface area contributed by atoms with E-state index in [-0.39, 0.29) is 24.8 Å². The summed E-state index contributed by atoms with van der Waals surface area (Å²) in [4.78, 5) is 24.4. The fraction of sp³-hybridized carbons (Fsp3) is 0.167. The van der Waals surface area contributed by atoms with E-state index in [1.165, 1.54) is 16.7 Å². The molecular formula is C24H20O3. The number of hydrogen-bond acceptors (Lipinski definition) is 3. The first-order chi connectivity index (χ1) is 13.2. The largest absolute Gasteiger partial charge is 0.457 e. The van der Waals surface area contributed by atoms with Gasteiger partial charge in [0, 0.05) is 12.0 Å². The van der Waals surface area contributed by atoms with Gasteiger partial charge in [-0.1, -0.05) is 66.7 Å². The number of Topliss-reactive ketones (excluding diaryl/α,β-unsaturated/α-hetero) is 1. The molecule has 0 aliphatic heterocycles. The fourth-order valence-electron chi connectivity index (χ4n) is 3.49. The van der Waals surface area contributed by atoms with Crippen molar-refractivity contribution in [3.8, 4) is 11.1 Å². The van der Waals surface area contributed by atoms with Crippen LogP contribution >= 0.6 is 0 Å². The molecule has 0 aromatic heterocycles. The van der Waals surface area contributed by atoms with Crippen molar-refractivity contribution in [3.63, 3.8) is 0 Å². The minimum absolute atomic E-state index is 0.171. The maximum Gasteiger partial charge on any atom is 0.306 e. The fourth-order valence-corrected chi connectivity index (χ4v) is 3.49. The van der Waals surface area contributed by atoms with Gasteiger partial charge in [0.15, 0.2) is 12.4 Å². The standard InChI is InChI=1S/C24H20O3/c25-23(16-27-24(26)13-10-17-6-2-1-3-7-17)20-12-11-19-14-18-8-4-5-9-21(18)22(19)15-20/h1-9,11-12,15H,10,13-14,16H2. The highest BCUT2D eigenvalue weighted by atomic mass is 16.5. The zero-order chi connectivity index (χ0) is 18.6. The number of rotatable bonds is 6. The van der Waals surface area contributed by atoms with E-state index in [0.29, 0.717) is 12.0 Å². The molecule has 0 atom stereocenters. The van der Waals surface area contributed by atoms with Gasteiger partial charge in [0.05, 0.1) is 0 Å². The molecule has 0 saturated carbocycles. The molecule has 0 fully saturated rings. The number of carbonyl (C=O) groups excluding carboxylic acids is 2. The van der Waals surface area contributed by atoms with Gasteiger partial charge in [0.25, 0.3) is 0 Å². The first-order valence-corrected chi connectivity index (χ1v) is 9.14. The molecule has 1 aliphatic carbocycles. The van der Waals surface area contributed by atoms with Gasteiger partial charge in [-0.05, 0) is 46.7 Å². The Bertz CT molecular complexity index is 990. The highest BCUT2D eigenvalue weighted by Gasteiger charge is 2.19. The lowest BCUT2D eigenvalue weighted by Gasteiger charge is -2.07. The highest BCUT2D eigenvalue weighted by molar-refractivity contribution is 5.99. The summed E-state index contributed by atoms with van der Waals surface area (Å²) in [6.45, 7) is -0.214. The highest BCUT2D eigenvalue weighted by Crippen LogP contribution is 2.36. The van der Waals surface area contributed by atoms with Gasteiger partial charge in [-0.15, -0.1) is 0 Å². The first kappa shape index (κ1) is 17.2. The summed E-state index contributed by atoms with van der Waals surface area (Å²) < 4.78 is 5.18. The van der Waals surface area contributed by atoms with Gasteiger partial charge in [-0.3, -0.25) is 9.59 Å². The Morgan fingerprint density at radius 2 is 1.56 bits per heavy atom. The normalized spacial score (nSPS) is 11.6. The molecule has 27 heavy (non-hydrogen) atoms. The number of hydrogen-bond donors (Lipinski definition) is 0. The summed E-state index contributed by atoms with van der Waals surface area (Å²) in [6.07, 6.45) is 1.78. The summed E-state index contributed by atoms with van der Waals surface area (Å²) in [6, 6.07) is 23.8. The number of carbonyl (C=O) groups is 2. The van der Waals surface area contributed by atoms with Gasteiger partial charge in [-0.25, -0.2) is 0 Å². The van der Waals surface area contributed by atoms with Crippen molar-refractivity contribution in [2.75, 3.05) is 6.61 Å². The van der Waals surface area contributed by atoms with Crippen molar-refractivity contribution in [1.29, 1.82) is 0 Å². The average Bonchev–Trinajstić information content (AvgIpc) is 3.09. The van der Waals surface area contributed by atoms with Gasteiger partial charge in [0.1, 0.15) is 0 Å². The van der Waals surface area contributed by atoms with Crippen LogP contribution in [-0.2, 0) is 22.4 Å². The van der Waals surface area contributed by atoms with E-state index in [1.807, 2.05) is 60.7 Å². The number of aryl methyl sites for hydroxylation is 1. The number of esters is 1. The summed E-state index contributed by atoms with van der Waals surface area (Å²) in [7, 11) is 0. The molecule has 0 amide bonds. The molecule has 0 bridgehead atoms. The Morgan fingerprint density at radius 1 is 0.815 bits per heavy atom. The molecule has 3 aromatic carbocycles. The van der Waals surface area contributed by atoms with Crippen molar-refractivity contribution in [3.05, 3.63) is 95.1 Å². The van der Waals surface area contributed by atoms with Gasteiger partial charge in [-0.2, -0.15) is 0 Å². The SMILES string of the molecule is O=C(CCc1ccccc1)OCC(=O)c1ccc2c(c1)-c1ccccc1C2. The van der Waals surface area contributed by atoms with Gasteiger partial charge >= 0.3 is 5.97 Å². The third kappa shape index (κ3) is 3.82. The topological polar surface area (TPSA) is 43.4 Å². The summed E-state index contributed by atoms with van der Waals surface area (Å²) >= 11 is 0.